The van der Waals surface area contributed by atoms with Crippen LogP contribution >= 0.6 is 0 Å². The van der Waals surface area contributed by atoms with Crippen LogP contribution in [0.1, 0.15) is 36.3 Å². The van der Waals surface area contributed by atoms with E-state index in [-0.39, 0.29) is 11.4 Å². The zero-order valence-electron chi connectivity index (χ0n) is 16.4. The number of piperidine rings is 1. The molecule has 2 aromatic carbocycles. The highest BCUT2D eigenvalue weighted by atomic mass is 16.2. The number of benzene rings is 2. The molecule has 0 radical (unpaired) electrons. The van der Waals surface area contributed by atoms with Crippen LogP contribution in [0.3, 0.4) is 0 Å². The van der Waals surface area contributed by atoms with Gasteiger partial charge < -0.3 is 10.2 Å². The molecule has 3 heterocycles. The van der Waals surface area contributed by atoms with Crippen molar-refractivity contribution >= 4 is 28.4 Å². The van der Waals surface area contributed by atoms with Gasteiger partial charge in [0, 0.05) is 19.0 Å². The van der Waals surface area contributed by atoms with Gasteiger partial charge in [-0.05, 0) is 35.6 Å². The molecule has 7 heteroatoms. The number of amides is 1. The minimum atomic E-state index is -1.01. The number of rotatable bonds is 2. The van der Waals surface area contributed by atoms with Crippen LogP contribution in [0.4, 0.5) is 11.8 Å². The fraction of sp³-hybridized carbons (Fsp3) is 0.304. The Morgan fingerprint density at radius 2 is 1.80 bits per heavy atom. The largest absolute Gasteiger partial charge is 0.342 e. The average molecular weight is 399 g/mol. The maximum absolute atomic E-state index is 13.2. The van der Waals surface area contributed by atoms with Crippen LogP contribution in [0.25, 0.3) is 10.8 Å². The lowest BCUT2D eigenvalue weighted by Crippen LogP contribution is -2.40. The number of fused-ring (bicyclic) bond motifs is 2. The van der Waals surface area contributed by atoms with Crippen LogP contribution in [0.5, 0.6) is 0 Å². The number of H-pyrrole nitrogens is 1. The lowest BCUT2D eigenvalue weighted by molar-refractivity contribution is -0.119. The first-order valence-corrected chi connectivity index (χ1v) is 10.2. The summed E-state index contributed by atoms with van der Waals surface area (Å²) in [5.74, 6) is -1.38. The maximum Gasteiger partial charge on any atom is 0.258 e. The van der Waals surface area contributed by atoms with Crippen LogP contribution in [0.2, 0.25) is 0 Å². The SMILES string of the molecule is N#C[C@H]1C(=O)Nc2nc(N3CCCCC3)[nH]c(=O)c2[C@@H]1c1cccc2ccccc12. The van der Waals surface area contributed by atoms with Crippen LogP contribution < -0.4 is 15.8 Å². The summed E-state index contributed by atoms with van der Waals surface area (Å²) >= 11 is 0. The molecule has 2 atom stereocenters. The zero-order chi connectivity index (χ0) is 20.7. The summed E-state index contributed by atoms with van der Waals surface area (Å²) in [4.78, 5) is 35.6. The van der Waals surface area contributed by atoms with Gasteiger partial charge in [-0.1, -0.05) is 42.5 Å². The highest BCUT2D eigenvalue weighted by molar-refractivity contribution is 5.99. The van der Waals surface area contributed by atoms with Crippen molar-refractivity contribution in [3.63, 3.8) is 0 Å². The second-order valence-corrected chi connectivity index (χ2v) is 7.84. The van der Waals surface area contributed by atoms with Gasteiger partial charge in [0.15, 0.2) is 0 Å². The standard InChI is InChI=1S/C23H21N5O2/c24-13-17-18(16-10-6-8-14-7-2-3-9-15(14)16)19-20(25-21(17)29)26-23(27-22(19)30)28-11-4-1-5-12-28/h2-3,6-10,17-18H,1,4-5,11-12H2,(H2,25,26,27,29,30)/t17-,18-/m1/s1. The van der Waals surface area contributed by atoms with Crippen LogP contribution in [-0.2, 0) is 4.79 Å². The third kappa shape index (κ3) is 2.92. The first kappa shape index (κ1) is 18.4. The molecular formula is C23H21N5O2. The van der Waals surface area contributed by atoms with Crippen molar-refractivity contribution in [3.05, 3.63) is 63.9 Å². The molecular weight excluding hydrogens is 378 g/mol. The molecule has 0 bridgehead atoms. The molecule has 3 aromatic rings. The topological polar surface area (TPSA) is 102 Å². The second-order valence-electron chi connectivity index (χ2n) is 7.84. The molecule has 2 N–H and O–H groups in total. The number of hydrogen-bond acceptors (Lipinski definition) is 5. The Balaban J connectivity index is 1.71. The van der Waals surface area contributed by atoms with E-state index in [1.165, 1.54) is 0 Å². The van der Waals surface area contributed by atoms with Gasteiger partial charge in [0.25, 0.3) is 5.56 Å². The molecule has 1 saturated heterocycles. The Morgan fingerprint density at radius 3 is 2.60 bits per heavy atom. The molecule has 2 aliphatic heterocycles. The Kier molecular flexibility index (Phi) is 4.47. The number of nitrogens with zero attached hydrogens (tertiary/aromatic N) is 3. The molecule has 7 nitrogen and oxygen atoms in total. The molecule has 0 spiro atoms. The number of hydrogen-bond donors (Lipinski definition) is 2. The van der Waals surface area contributed by atoms with Crippen molar-refractivity contribution < 1.29 is 4.79 Å². The molecule has 1 aromatic heterocycles. The molecule has 0 saturated carbocycles. The van der Waals surface area contributed by atoms with E-state index < -0.39 is 17.7 Å². The van der Waals surface area contributed by atoms with E-state index in [9.17, 15) is 14.9 Å². The molecule has 150 valence electrons. The third-order valence-corrected chi connectivity index (χ3v) is 6.06. The molecule has 0 unspecified atom stereocenters. The monoisotopic (exact) mass is 399 g/mol. The van der Waals surface area contributed by atoms with Crippen molar-refractivity contribution in [1.29, 1.82) is 5.26 Å². The van der Waals surface area contributed by atoms with Crippen LogP contribution in [0, 0.1) is 17.2 Å². The number of carbonyl (C=O) groups is 1. The predicted octanol–water partition coefficient (Wildman–Crippen LogP) is 3.14. The summed E-state index contributed by atoms with van der Waals surface area (Å²) in [6.07, 6.45) is 3.25. The van der Waals surface area contributed by atoms with Gasteiger partial charge in [-0.15, -0.1) is 0 Å². The number of anilines is 2. The van der Waals surface area contributed by atoms with Gasteiger partial charge in [0.1, 0.15) is 11.7 Å². The molecule has 1 fully saturated rings. The normalized spacial score (nSPS) is 21.0. The van der Waals surface area contributed by atoms with Crippen molar-refractivity contribution in [1.82, 2.24) is 9.97 Å². The van der Waals surface area contributed by atoms with Crippen molar-refractivity contribution in [2.24, 2.45) is 5.92 Å². The molecule has 1 amide bonds. The Bertz CT molecular complexity index is 1230. The van der Waals surface area contributed by atoms with Gasteiger partial charge in [-0.25, -0.2) is 0 Å². The minimum absolute atomic E-state index is 0.258. The lowest BCUT2D eigenvalue weighted by Gasteiger charge is -2.31. The zero-order valence-corrected chi connectivity index (χ0v) is 16.4. The third-order valence-electron chi connectivity index (χ3n) is 6.06. The Hall–Kier alpha value is -3.66. The average Bonchev–Trinajstić information content (AvgIpc) is 2.78. The summed E-state index contributed by atoms with van der Waals surface area (Å²) in [7, 11) is 0. The Morgan fingerprint density at radius 1 is 1.03 bits per heavy atom. The van der Waals surface area contributed by atoms with Crippen molar-refractivity contribution in [3.8, 4) is 6.07 Å². The van der Waals surface area contributed by atoms with Crippen molar-refractivity contribution in [2.45, 2.75) is 25.2 Å². The first-order valence-electron chi connectivity index (χ1n) is 10.2. The van der Waals surface area contributed by atoms with E-state index in [0.717, 1.165) is 48.7 Å². The maximum atomic E-state index is 13.2. The van der Waals surface area contributed by atoms with Gasteiger partial charge in [-0.3, -0.25) is 14.6 Å². The minimum Gasteiger partial charge on any atom is -0.342 e. The first-order chi connectivity index (χ1) is 14.7. The summed E-state index contributed by atoms with van der Waals surface area (Å²) in [6, 6.07) is 15.7. The van der Waals surface area contributed by atoms with Gasteiger partial charge in [0.05, 0.1) is 11.6 Å². The number of carbonyl (C=O) groups excluding carboxylic acids is 1. The fourth-order valence-corrected chi connectivity index (χ4v) is 4.61. The van der Waals surface area contributed by atoms with E-state index >= 15 is 0 Å². The summed E-state index contributed by atoms with van der Waals surface area (Å²) < 4.78 is 0. The van der Waals surface area contributed by atoms with E-state index in [1.54, 1.807) is 0 Å². The summed E-state index contributed by atoms with van der Waals surface area (Å²) in [5, 5.41) is 14.4. The van der Waals surface area contributed by atoms with E-state index in [1.807, 2.05) is 47.4 Å². The van der Waals surface area contributed by atoms with E-state index in [2.05, 4.69) is 21.4 Å². The number of aromatic nitrogens is 2. The highest BCUT2D eigenvalue weighted by Gasteiger charge is 2.41. The number of nitriles is 1. The van der Waals surface area contributed by atoms with Crippen LogP contribution in [0.15, 0.2) is 47.3 Å². The predicted molar refractivity (Wildman–Crippen MR) is 114 cm³/mol. The van der Waals surface area contributed by atoms with Crippen molar-refractivity contribution in [2.75, 3.05) is 23.3 Å². The van der Waals surface area contributed by atoms with Gasteiger partial charge in [-0.2, -0.15) is 10.2 Å². The lowest BCUT2D eigenvalue weighted by atomic mass is 9.77. The summed E-state index contributed by atoms with van der Waals surface area (Å²) in [6.45, 7) is 1.65. The second kappa shape index (κ2) is 7.30. The molecule has 0 aliphatic carbocycles. The molecule has 5 rings (SSSR count). The Labute approximate surface area is 173 Å². The van der Waals surface area contributed by atoms with Gasteiger partial charge >= 0.3 is 0 Å². The molecule has 2 aliphatic rings. The number of nitrogens with one attached hydrogen (secondary N) is 2. The highest BCUT2D eigenvalue weighted by Crippen LogP contribution is 2.40. The van der Waals surface area contributed by atoms with E-state index in [4.69, 9.17) is 0 Å². The quantitative estimate of drug-likeness (QED) is 0.689. The van der Waals surface area contributed by atoms with E-state index in [0.29, 0.717) is 11.5 Å². The smallest absolute Gasteiger partial charge is 0.258 e. The number of aromatic amines is 1. The van der Waals surface area contributed by atoms with Gasteiger partial charge in [0.2, 0.25) is 11.9 Å². The fourth-order valence-electron chi connectivity index (χ4n) is 4.61. The van der Waals surface area contributed by atoms with Crippen LogP contribution in [-0.4, -0.2) is 29.0 Å². The molecule has 30 heavy (non-hydrogen) atoms. The summed E-state index contributed by atoms with van der Waals surface area (Å²) in [5.41, 5.74) is 0.825.